The Labute approximate surface area is 486 Å². The molecule has 6 heterocycles. The zero-order chi connectivity index (χ0) is 64.5. The van der Waals surface area contributed by atoms with Crippen LogP contribution in [0.2, 0.25) is 0 Å². The molecule has 29 atom stereocenters. The van der Waals surface area contributed by atoms with Crippen LogP contribution in [0.4, 0.5) is 0 Å². The lowest BCUT2D eigenvalue weighted by Crippen LogP contribution is -2.67. The van der Waals surface area contributed by atoms with Crippen LogP contribution >= 0.6 is 0 Å². The summed E-state index contributed by atoms with van der Waals surface area (Å²) in [5, 5.41) is 280. The number of hydrogen-bond donors (Lipinski definition) is 35. The molecule has 84 heavy (non-hydrogen) atoms. The van der Waals surface area contributed by atoms with E-state index in [9.17, 15) is 56.2 Å². The molecular weight excluding hydrogens is 1140 g/mol. The molecule has 13 unspecified atom stereocenters. The van der Waals surface area contributed by atoms with E-state index < -0.39 is 151 Å². The van der Waals surface area contributed by atoms with Gasteiger partial charge in [-0.15, -0.1) is 0 Å². The van der Waals surface area contributed by atoms with Gasteiger partial charge in [-0.2, -0.15) is 0 Å². The first-order valence-electron chi connectivity index (χ1n) is 27.9. The summed E-state index contributed by atoms with van der Waals surface area (Å²) in [4.78, 5) is 0. The minimum atomic E-state index is -1.34. The number of nitrogens with one attached hydrogen (secondary N) is 6. The molecule has 0 aromatic carbocycles. The third-order valence-electron chi connectivity index (χ3n) is 16.4. The van der Waals surface area contributed by atoms with Crippen molar-refractivity contribution in [3.05, 3.63) is 0 Å². The molecule has 0 amide bonds. The van der Waals surface area contributed by atoms with Gasteiger partial charge in [0, 0.05) is 56.2 Å². The zero-order valence-corrected chi connectivity index (χ0v) is 47.2. The van der Waals surface area contributed by atoms with Crippen LogP contribution in [0, 0.1) is 23.2 Å². The van der Waals surface area contributed by atoms with Crippen molar-refractivity contribution in [2.75, 3.05) is 98.9 Å². The lowest BCUT2D eigenvalue weighted by atomic mass is 9.72. The van der Waals surface area contributed by atoms with E-state index in [0.29, 0.717) is 19.4 Å². The second-order valence-corrected chi connectivity index (χ2v) is 22.4. The van der Waals surface area contributed by atoms with Gasteiger partial charge in [0.1, 0.15) is 24.4 Å². The minimum Gasteiger partial charge on any atom is -0.396 e. The normalized spacial score (nSPS) is 44.4. The molecule has 1 saturated carbocycles. The summed E-state index contributed by atoms with van der Waals surface area (Å²) < 4.78 is 0. The zero-order valence-electron chi connectivity index (χ0n) is 47.2. The third-order valence-corrected chi connectivity index (χ3v) is 16.4. The van der Waals surface area contributed by atoms with Gasteiger partial charge < -0.3 is 180 Å². The summed E-state index contributed by atoms with van der Waals surface area (Å²) in [6.07, 6.45) is -16.9. The van der Waals surface area contributed by atoms with E-state index in [2.05, 4.69) is 31.9 Å². The molecule has 0 aromatic rings. The molecule has 35 heteroatoms. The molecule has 0 bridgehead atoms. The van der Waals surface area contributed by atoms with Gasteiger partial charge >= 0.3 is 0 Å². The van der Waals surface area contributed by atoms with Crippen molar-refractivity contribution in [2.45, 2.75) is 185 Å². The van der Waals surface area contributed by atoms with Crippen molar-refractivity contribution in [1.82, 2.24) is 31.9 Å². The Kier molecular flexibility index (Phi) is 38.7. The van der Waals surface area contributed by atoms with Crippen LogP contribution in [0.3, 0.4) is 0 Å². The molecule has 6 aliphatic heterocycles. The Hall–Kier alpha value is -1.40. The Morgan fingerprint density at radius 2 is 0.631 bits per heavy atom. The number of rotatable bonds is 12. The molecule has 7 fully saturated rings. The van der Waals surface area contributed by atoms with Crippen LogP contribution in [-0.2, 0) is 0 Å². The molecule has 0 spiro atoms. The van der Waals surface area contributed by atoms with Crippen LogP contribution < -0.4 is 31.9 Å². The quantitative estimate of drug-likeness (QED) is 0.0863. The summed E-state index contributed by atoms with van der Waals surface area (Å²) in [5.74, 6) is -0.520. The highest BCUT2D eigenvalue weighted by atomic mass is 16.4. The topological polar surface area (TPSA) is 659 Å². The first-order chi connectivity index (χ1) is 39.5. The van der Waals surface area contributed by atoms with Gasteiger partial charge in [-0.3, -0.25) is 0 Å². The van der Waals surface area contributed by atoms with E-state index in [1.54, 1.807) is 13.8 Å². The predicted octanol–water partition coefficient (Wildman–Crippen LogP) is -18.4. The summed E-state index contributed by atoms with van der Waals surface area (Å²) in [5.41, 5.74) is -0.611. The largest absolute Gasteiger partial charge is 0.396 e. The van der Waals surface area contributed by atoms with Crippen LogP contribution in [0.1, 0.15) is 26.7 Å². The molecule has 7 aliphatic rings. The standard InChI is InChI=1S/C9H19NO4.C8H16O4.2C7H15NO5.2C6H13NO4.C6H13NO3/c1-9(2)6(4-12)10-5(3-11)7(13)8(9)14;9-2-5-1-6(3-10)8(12)7(5)4-11;2*9-1-3-5(11)7(13)6(12)4(2-10)8-3;2*8-2-3-5(10)6(11)4(9)1-7-3;8-3-4-6(10)5(9)1-2-7-4/h5-8,10-14H,3-4H2,1-2H3;5-12H,1-4H2;2*3-13H,1-2H2;2*3-11H,1-2H2;4-10H,1-3H2/t5?,6-,7-,8-;5-,6-,7+,8?;3-,4?,5?,6+,7?;3-,4?,5?,6-,7?;3?,4?,5-,6+;3?,4?,5-,6-;4?,5-,6-/m1111100/s1. The summed E-state index contributed by atoms with van der Waals surface area (Å²) in [6.45, 7) is 1.91. The average molecular weight is 1240 g/mol. The van der Waals surface area contributed by atoms with Gasteiger partial charge in [0.05, 0.1) is 187 Å². The maximum atomic E-state index is 9.80. The second-order valence-electron chi connectivity index (χ2n) is 22.4. The second kappa shape index (κ2) is 40.4. The number of hydrogen-bond acceptors (Lipinski definition) is 35. The van der Waals surface area contributed by atoms with Crippen molar-refractivity contribution in [3.63, 3.8) is 0 Å². The van der Waals surface area contributed by atoms with Crippen LogP contribution in [0.25, 0.3) is 0 Å². The summed E-state index contributed by atoms with van der Waals surface area (Å²) in [7, 11) is 0. The van der Waals surface area contributed by atoms with E-state index in [1.807, 2.05) is 0 Å². The van der Waals surface area contributed by atoms with E-state index in [1.165, 1.54) is 0 Å². The van der Waals surface area contributed by atoms with Gasteiger partial charge in [-0.1, -0.05) is 13.8 Å². The third kappa shape index (κ3) is 22.5. The van der Waals surface area contributed by atoms with E-state index in [-0.39, 0.29) is 122 Å². The van der Waals surface area contributed by atoms with E-state index in [4.69, 9.17) is 91.9 Å². The summed E-state index contributed by atoms with van der Waals surface area (Å²) in [6, 6.07) is -5.17. The molecule has 0 aromatic heterocycles. The molecule has 0 radical (unpaired) electrons. The fraction of sp³-hybridized carbons (Fsp3) is 1.00. The number of aliphatic hydroxyl groups excluding tert-OH is 29. The van der Waals surface area contributed by atoms with Crippen molar-refractivity contribution >= 4 is 0 Å². The van der Waals surface area contributed by atoms with Crippen molar-refractivity contribution in [3.8, 4) is 0 Å². The molecule has 35 nitrogen and oxygen atoms in total. The maximum Gasteiger partial charge on any atom is 0.109 e. The first-order valence-corrected chi connectivity index (χ1v) is 27.9. The van der Waals surface area contributed by atoms with Crippen LogP contribution in [-0.4, -0.2) is 405 Å². The van der Waals surface area contributed by atoms with E-state index in [0.717, 1.165) is 0 Å². The lowest BCUT2D eigenvalue weighted by molar-refractivity contribution is -0.125. The molecular formula is C49H104N6O29. The average Bonchev–Trinajstić information content (AvgIpc) is 3.93. The van der Waals surface area contributed by atoms with Gasteiger partial charge in [0.2, 0.25) is 0 Å². The van der Waals surface area contributed by atoms with Crippen LogP contribution in [0.15, 0.2) is 0 Å². The minimum absolute atomic E-state index is 0.0290. The first kappa shape index (κ1) is 80.6. The highest BCUT2D eigenvalue weighted by molar-refractivity contribution is 5.03. The smallest absolute Gasteiger partial charge is 0.109 e. The number of β-amino-alcohol motifs (C(OH)–C–C–N with tert-alkyl or cyclic N) is 2. The Bertz CT molecular complexity index is 1580. The van der Waals surface area contributed by atoms with Gasteiger partial charge in [-0.05, 0) is 25.3 Å². The molecule has 1 aliphatic carbocycles. The van der Waals surface area contributed by atoms with Crippen molar-refractivity contribution < 1.29 is 148 Å². The molecule has 504 valence electrons. The van der Waals surface area contributed by atoms with Gasteiger partial charge in [0.25, 0.3) is 0 Å². The van der Waals surface area contributed by atoms with Gasteiger partial charge in [0.15, 0.2) is 0 Å². The monoisotopic (exact) mass is 1240 g/mol. The fourth-order valence-electron chi connectivity index (χ4n) is 10.3. The van der Waals surface area contributed by atoms with Crippen LogP contribution in [0.5, 0.6) is 0 Å². The van der Waals surface area contributed by atoms with Gasteiger partial charge in [-0.25, -0.2) is 0 Å². The highest BCUT2D eigenvalue weighted by Gasteiger charge is 2.48. The predicted molar refractivity (Wildman–Crippen MR) is 288 cm³/mol. The van der Waals surface area contributed by atoms with Crippen molar-refractivity contribution in [2.24, 2.45) is 23.2 Å². The number of aliphatic hydroxyl groups is 29. The molecule has 35 N–H and O–H groups in total. The number of piperidine rings is 6. The van der Waals surface area contributed by atoms with E-state index >= 15 is 0 Å². The Balaban J connectivity index is 0.000000491. The molecule has 6 saturated heterocycles. The Morgan fingerprint density at radius 1 is 0.298 bits per heavy atom. The van der Waals surface area contributed by atoms with Crippen molar-refractivity contribution in [1.29, 1.82) is 0 Å². The Morgan fingerprint density at radius 3 is 0.929 bits per heavy atom. The lowest BCUT2D eigenvalue weighted by Gasteiger charge is -2.48. The SMILES string of the molecule is CC1(C)[C@H](O)[C@H](O)C(CO)N[C@@H]1CO.OCC1NCC(O)[C@H](O)[C@@H]1O.OCC1NCC(O)[C@H](O)[C@H]1O.OCC1NCC[C@H](O)[C@H]1O.OCC1N[C@H](CO)C(O)C(O)[C@@H]1O.OCC1N[C@H](CO)C(O)C(O)[C@H]1O.OC[C@H]1C[C@H](CO)[C@H](CO)C1O. The molecule has 7 rings (SSSR count). The fourth-order valence-corrected chi connectivity index (χ4v) is 10.3. The highest BCUT2D eigenvalue weighted by Crippen LogP contribution is 2.36. The summed E-state index contributed by atoms with van der Waals surface area (Å²) >= 11 is 0. The maximum absolute atomic E-state index is 9.80.